The summed E-state index contributed by atoms with van der Waals surface area (Å²) in [5.74, 6) is -0.0992. The van der Waals surface area contributed by atoms with Gasteiger partial charge in [-0.15, -0.1) is 0 Å². The van der Waals surface area contributed by atoms with Gasteiger partial charge in [-0.05, 0) is 38.5 Å². The molecule has 0 aliphatic carbocycles. The van der Waals surface area contributed by atoms with Gasteiger partial charge < -0.3 is 30.1 Å². The van der Waals surface area contributed by atoms with Crippen LogP contribution in [0, 0.1) is 0 Å². The third-order valence-corrected chi connectivity index (χ3v) is 8.90. The van der Waals surface area contributed by atoms with Crippen molar-refractivity contribution in [2.45, 2.75) is 199 Å². The van der Waals surface area contributed by atoms with Crippen LogP contribution in [-0.2, 0) is 9.53 Å². The largest absolute Gasteiger partial charge is 0.394 e. The molecule has 5 atom stereocenters. The summed E-state index contributed by atoms with van der Waals surface area (Å²) in [6.07, 6.45) is 26.0. The lowest BCUT2D eigenvalue weighted by Crippen LogP contribution is -2.64. The number of amides is 1. The monoisotopic (exact) mass is 612 g/mol. The molecule has 1 saturated heterocycles. The van der Waals surface area contributed by atoms with E-state index in [1.807, 2.05) is 0 Å². The van der Waals surface area contributed by atoms with Crippen molar-refractivity contribution in [3.05, 3.63) is 12.2 Å². The molecule has 0 spiro atoms. The highest BCUT2D eigenvalue weighted by molar-refractivity contribution is 5.76. The van der Waals surface area contributed by atoms with Crippen LogP contribution in [0.2, 0.25) is 0 Å². The summed E-state index contributed by atoms with van der Waals surface area (Å²) in [7, 11) is 0. The first-order valence-electron chi connectivity index (χ1n) is 18.2. The quantitative estimate of drug-likeness (QED) is 0.0536. The van der Waals surface area contributed by atoms with Gasteiger partial charge in [-0.1, -0.05) is 135 Å². The summed E-state index contributed by atoms with van der Waals surface area (Å²) in [6, 6.07) is 0. The minimum Gasteiger partial charge on any atom is -0.394 e. The van der Waals surface area contributed by atoms with Gasteiger partial charge in [-0.25, -0.2) is 0 Å². The van der Waals surface area contributed by atoms with Gasteiger partial charge in [0.25, 0.3) is 0 Å². The second-order valence-electron chi connectivity index (χ2n) is 12.8. The van der Waals surface area contributed by atoms with Crippen molar-refractivity contribution in [2.24, 2.45) is 0 Å². The molecule has 7 heteroatoms. The SMILES string of the molecule is CCCCCCCCC=CCCCCCCCC(=O)N(CCCCCCCCCCCC)C1O[C@H](CO)[C@@H](O)[C@H](O)[C@H]1O. The molecule has 0 saturated carbocycles. The highest BCUT2D eigenvalue weighted by atomic mass is 16.6. The van der Waals surface area contributed by atoms with E-state index in [9.17, 15) is 25.2 Å². The number of aliphatic hydroxyl groups excluding tert-OH is 4. The Balaban J connectivity index is 2.37. The number of hydrogen-bond donors (Lipinski definition) is 4. The third-order valence-electron chi connectivity index (χ3n) is 8.90. The molecule has 1 aliphatic rings. The minimum absolute atomic E-state index is 0.0992. The molecule has 4 N–H and O–H groups in total. The van der Waals surface area contributed by atoms with Crippen LogP contribution in [0.5, 0.6) is 0 Å². The summed E-state index contributed by atoms with van der Waals surface area (Å²) >= 11 is 0. The number of hydrogen-bond acceptors (Lipinski definition) is 6. The van der Waals surface area contributed by atoms with Crippen LogP contribution in [-0.4, -0.2) is 75.0 Å². The second kappa shape index (κ2) is 27.3. The first kappa shape index (κ1) is 40.0. The maximum atomic E-state index is 13.3. The van der Waals surface area contributed by atoms with Crippen molar-refractivity contribution in [3.63, 3.8) is 0 Å². The molecule has 1 fully saturated rings. The van der Waals surface area contributed by atoms with Gasteiger partial charge in [-0.3, -0.25) is 4.79 Å². The van der Waals surface area contributed by atoms with Gasteiger partial charge in [-0.2, -0.15) is 0 Å². The standard InChI is InChI=1S/C36H69NO6/c1-3-5-7-9-11-13-15-16-17-18-19-20-22-24-26-28-32(39)37(29-27-25-23-21-14-12-10-8-6-4-2)36-35(42)34(41)33(40)31(30-38)43-36/h16-17,31,33-36,38,40-42H,3-15,18-30H2,1-2H3/t31-,33-,34+,35-,36?/m1/s1. The van der Waals surface area contributed by atoms with Crippen LogP contribution >= 0.6 is 0 Å². The molecule has 0 aromatic rings. The Bertz CT molecular complexity index is 672. The van der Waals surface area contributed by atoms with Crippen LogP contribution < -0.4 is 0 Å². The predicted octanol–water partition coefficient (Wildman–Crippen LogP) is 7.57. The Kier molecular flexibility index (Phi) is 25.4. The highest BCUT2D eigenvalue weighted by Crippen LogP contribution is 2.25. The molecule has 1 unspecified atom stereocenters. The van der Waals surface area contributed by atoms with Crippen LogP contribution in [0.1, 0.15) is 168 Å². The third kappa shape index (κ3) is 18.5. The summed E-state index contributed by atoms with van der Waals surface area (Å²) in [5, 5.41) is 40.9. The molecular weight excluding hydrogens is 542 g/mol. The average Bonchev–Trinajstić information content (AvgIpc) is 3.01. The average molecular weight is 612 g/mol. The fourth-order valence-electron chi connectivity index (χ4n) is 5.99. The van der Waals surface area contributed by atoms with Gasteiger partial charge in [0, 0.05) is 13.0 Å². The molecule has 1 aliphatic heterocycles. The smallest absolute Gasteiger partial charge is 0.224 e. The van der Waals surface area contributed by atoms with Gasteiger partial charge in [0.15, 0.2) is 6.23 Å². The number of carbonyl (C=O) groups is 1. The van der Waals surface area contributed by atoms with Crippen molar-refractivity contribution in [1.29, 1.82) is 0 Å². The molecule has 0 aromatic heterocycles. The van der Waals surface area contributed by atoms with E-state index in [1.165, 1.54) is 96.3 Å². The van der Waals surface area contributed by atoms with Crippen LogP contribution in [0.3, 0.4) is 0 Å². The topological polar surface area (TPSA) is 110 Å². The molecule has 1 rings (SSSR count). The van der Waals surface area contributed by atoms with Crippen LogP contribution in [0.25, 0.3) is 0 Å². The van der Waals surface area contributed by atoms with E-state index in [-0.39, 0.29) is 5.91 Å². The van der Waals surface area contributed by atoms with Gasteiger partial charge in [0.1, 0.15) is 24.4 Å². The van der Waals surface area contributed by atoms with Crippen LogP contribution in [0.15, 0.2) is 12.2 Å². The van der Waals surface area contributed by atoms with E-state index in [0.717, 1.165) is 51.4 Å². The second-order valence-corrected chi connectivity index (χ2v) is 12.8. The van der Waals surface area contributed by atoms with Gasteiger partial charge in [0.05, 0.1) is 6.61 Å². The molecule has 7 nitrogen and oxygen atoms in total. The Hall–Kier alpha value is -0.990. The first-order valence-corrected chi connectivity index (χ1v) is 18.2. The predicted molar refractivity (Wildman–Crippen MR) is 177 cm³/mol. The van der Waals surface area contributed by atoms with Crippen molar-refractivity contribution in [2.75, 3.05) is 13.2 Å². The van der Waals surface area contributed by atoms with Crippen molar-refractivity contribution in [1.82, 2.24) is 4.90 Å². The summed E-state index contributed by atoms with van der Waals surface area (Å²) in [6.45, 7) is 4.43. The molecule has 43 heavy (non-hydrogen) atoms. The fraction of sp³-hybridized carbons (Fsp3) is 0.917. The number of unbranched alkanes of at least 4 members (excludes halogenated alkanes) is 20. The van der Waals surface area contributed by atoms with Gasteiger partial charge in [0.2, 0.25) is 5.91 Å². The number of allylic oxidation sites excluding steroid dienone is 2. The summed E-state index contributed by atoms with van der Waals surface area (Å²) in [4.78, 5) is 14.9. The Morgan fingerprint density at radius 2 is 1.05 bits per heavy atom. The van der Waals surface area contributed by atoms with Gasteiger partial charge >= 0.3 is 0 Å². The number of nitrogens with zero attached hydrogens (tertiary/aromatic N) is 1. The first-order chi connectivity index (χ1) is 21.0. The summed E-state index contributed by atoms with van der Waals surface area (Å²) in [5.41, 5.74) is 0. The minimum atomic E-state index is -1.47. The maximum Gasteiger partial charge on any atom is 0.224 e. The normalized spacial score (nSPS) is 22.4. The number of rotatable bonds is 28. The lowest BCUT2D eigenvalue weighted by molar-refractivity contribution is -0.262. The summed E-state index contributed by atoms with van der Waals surface area (Å²) < 4.78 is 5.77. The van der Waals surface area contributed by atoms with Crippen molar-refractivity contribution >= 4 is 5.91 Å². The zero-order valence-electron chi connectivity index (χ0n) is 28.0. The van der Waals surface area contributed by atoms with E-state index >= 15 is 0 Å². The van der Waals surface area contributed by atoms with Crippen molar-refractivity contribution in [3.8, 4) is 0 Å². The number of aliphatic hydroxyl groups is 4. The Labute approximate surface area is 264 Å². The van der Waals surface area contributed by atoms with E-state index < -0.39 is 37.3 Å². The lowest BCUT2D eigenvalue weighted by atomic mass is 9.97. The Morgan fingerprint density at radius 1 is 0.605 bits per heavy atom. The molecule has 0 aromatic carbocycles. The molecule has 1 heterocycles. The van der Waals surface area contributed by atoms with E-state index in [2.05, 4.69) is 26.0 Å². The molecular formula is C36H69NO6. The van der Waals surface area contributed by atoms with E-state index in [0.29, 0.717) is 13.0 Å². The zero-order chi connectivity index (χ0) is 31.5. The lowest BCUT2D eigenvalue weighted by Gasteiger charge is -2.44. The zero-order valence-corrected chi connectivity index (χ0v) is 28.0. The molecule has 254 valence electrons. The van der Waals surface area contributed by atoms with E-state index in [1.54, 1.807) is 4.90 Å². The highest BCUT2D eigenvalue weighted by Gasteiger charge is 2.46. The maximum absolute atomic E-state index is 13.3. The molecule has 0 bridgehead atoms. The van der Waals surface area contributed by atoms with Crippen molar-refractivity contribution < 1.29 is 30.0 Å². The Morgan fingerprint density at radius 3 is 1.53 bits per heavy atom. The molecule has 1 amide bonds. The number of carbonyl (C=O) groups excluding carboxylic acids is 1. The number of ether oxygens (including phenoxy) is 1. The van der Waals surface area contributed by atoms with E-state index in [4.69, 9.17) is 4.74 Å². The fourth-order valence-corrected chi connectivity index (χ4v) is 5.99. The molecule has 0 radical (unpaired) electrons. The van der Waals surface area contributed by atoms with Crippen LogP contribution in [0.4, 0.5) is 0 Å².